The van der Waals surface area contributed by atoms with Gasteiger partial charge in [-0.15, -0.1) is 0 Å². The van der Waals surface area contributed by atoms with Crippen molar-refractivity contribution in [2.45, 2.75) is 33.6 Å². The third-order valence-corrected chi connectivity index (χ3v) is 2.41. The molecule has 0 bridgehead atoms. The van der Waals surface area contributed by atoms with Crippen molar-refractivity contribution >= 4 is 11.8 Å². The summed E-state index contributed by atoms with van der Waals surface area (Å²) >= 11 is 0. The van der Waals surface area contributed by atoms with Gasteiger partial charge in [0.1, 0.15) is 6.42 Å². The summed E-state index contributed by atoms with van der Waals surface area (Å²) < 4.78 is 4.76. The molecular formula is C13H17NO3. The van der Waals surface area contributed by atoms with Gasteiger partial charge in [0.2, 0.25) is 0 Å². The first-order valence-corrected chi connectivity index (χ1v) is 5.72. The lowest BCUT2D eigenvalue weighted by Crippen LogP contribution is -2.13. The summed E-state index contributed by atoms with van der Waals surface area (Å²) in [5.74, 6) is -0.681. The average molecular weight is 235 g/mol. The predicted molar refractivity (Wildman–Crippen MR) is 63.9 cm³/mol. The van der Waals surface area contributed by atoms with Crippen LogP contribution in [0.1, 0.15) is 41.9 Å². The van der Waals surface area contributed by atoms with Gasteiger partial charge in [-0.1, -0.05) is 6.92 Å². The zero-order valence-corrected chi connectivity index (χ0v) is 10.4. The second kappa shape index (κ2) is 6.13. The van der Waals surface area contributed by atoms with E-state index < -0.39 is 5.97 Å². The Bertz CT molecular complexity index is 427. The van der Waals surface area contributed by atoms with Crippen molar-refractivity contribution in [3.05, 3.63) is 29.1 Å². The number of carbonyl (C=O) groups excluding carboxylic acids is 2. The standard InChI is InChI=1S/C13H17NO3/c1-4-10-8-14-9(3)6-11(10)12(15)7-13(16)17-5-2/h6,8H,4-5,7H2,1-3H3. The van der Waals surface area contributed by atoms with Crippen molar-refractivity contribution < 1.29 is 14.3 Å². The minimum absolute atomic E-state index is 0.203. The summed E-state index contributed by atoms with van der Waals surface area (Å²) in [7, 11) is 0. The normalized spacial score (nSPS) is 10.1. The number of ether oxygens (including phenoxy) is 1. The number of ketones is 1. The number of esters is 1. The van der Waals surface area contributed by atoms with E-state index >= 15 is 0 Å². The molecule has 1 aromatic heterocycles. The van der Waals surface area contributed by atoms with E-state index in [1.807, 2.05) is 13.8 Å². The Morgan fingerprint density at radius 1 is 1.35 bits per heavy atom. The molecule has 0 aliphatic carbocycles. The summed E-state index contributed by atoms with van der Waals surface area (Å²) in [6.07, 6.45) is 2.20. The van der Waals surface area contributed by atoms with E-state index in [-0.39, 0.29) is 12.2 Å². The lowest BCUT2D eigenvalue weighted by molar-refractivity contribution is -0.141. The molecule has 0 saturated carbocycles. The SMILES string of the molecule is CCOC(=O)CC(=O)c1cc(C)ncc1CC. The fourth-order valence-electron chi connectivity index (χ4n) is 1.57. The molecular weight excluding hydrogens is 218 g/mol. The van der Waals surface area contributed by atoms with E-state index in [2.05, 4.69) is 4.98 Å². The van der Waals surface area contributed by atoms with Crippen LogP contribution >= 0.6 is 0 Å². The van der Waals surface area contributed by atoms with Crippen molar-refractivity contribution in [3.8, 4) is 0 Å². The Morgan fingerprint density at radius 2 is 2.06 bits per heavy atom. The van der Waals surface area contributed by atoms with E-state index in [0.29, 0.717) is 12.2 Å². The maximum Gasteiger partial charge on any atom is 0.313 e. The Labute approximate surface area is 101 Å². The number of Topliss-reactive ketones (excluding diaryl/α,β-unsaturated/α-hetero) is 1. The summed E-state index contributed by atoms with van der Waals surface area (Å²) in [6, 6.07) is 1.72. The van der Waals surface area contributed by atoms with Crippen molar-refractivity contribution in [1.82, 2.24) is 4.98 Å². The smallest absolute Gasteiger partial charge is 0.313 e. The number of aromatic nitrogens is 1. The molecule has 0 aliphatic rings. The van der Waals surface area contributed by atoms with Crippen LogP contribution in [0.25, 0.3) is 0 Å². The van der Waals surface area contributed by atoms with Gasteiger partial charge in [0.25, 0.3) is 0 Å². The highest BCUT2D eigenvalue weighted by Gasteiger charge is 2.15. The van der Waals surface area contributed by atoms with E-state index in [1.165, 1.54) is 0 Å². The molecule has 4 nitrogen and oxygen atoms in total. The number of hydrogen-bond donors (Lipinski definition) is 0. The van der Waals surface area contributed by atoms with Crippen molar-refractivity contribution in [1.29, 1.82) is 0 Å². The van der Waals surface area contributed by atoms with E-state index in [4.69, 9.17) is 4.74 Å². The zero-order chi connectivity index (χ0) is 12.8. The van der Waals surface area contributed by atoms with Gasteiger partial charge < -0.3 is 4.74 Å². The third kappa shape index (κ3) is 3.66. The third-order valence-electron chi connectivity index (χ3n) is 2.41. The van der Waals surface area contributed by atoms with Crippen LogP contribution in [-0.4, -0.2) is 23.3 Å². The van der Waals surface area contributed by atoms with Crippen LogP contribution in [0.2, 0.25) is 0 Å². The molecule has 0 atom stereocenters. The minimum Gasteiger partial charge on any atom is -0.466 e. The second-order valence-electron chi connectivity index (χ2n) is 3.74. The summed E-state index contributed by atoms with van der Waals surface area (Å²) in [5, 5.41) is 0. The molecule has 0 aromatic carbocycles. The largest absolute Gasteiger partial charge is 0.466 e. The van der Waals surface area contributed by atoms with Crippen LogP contribution < -0.4 is 0 Å². The Hall–Kier alpha value is -1.71. The number of nitrogens with zero attached hydrogens (tertiary/aromatic N) is 1. The molecule has 0 fully saturated rings. The summed E-state index contributed by atoms with van der Waals surface area (Å²) in [6.45, 7) is 5.78. The summed E-state index contributed by atoms with van der Waals surface area (Å²) in [5.41, 5.74) is 2.22. The highest BCUT2D eigenvalue weighted by Crippen LogP contribution is 2.13. The molecule has 0 aliphatic heterocycles. The topological polar surface area (TPSA) is 56.3 Å². The molecule has 0 amide bonds. The molecule has 0 radical (unpaired) electrons. The Balaban J connectivity index is 2.87. The van der Waals surface area contributed by atoms with Gasteiger partial charge in [-0.25, -0.2) is 0 Å². The van der Waals surface area contributed by atoms with Gasteiger partial charge in [-0.3, -0.25) is 14.6 Å². The number of pyridine rings is 1. The Morgan fingerprint density at radius 3 is 2.65 bits per heavy atom. The number of carbonyl (C=O) groups is 2. The monoisotopic (exact) mass is 235 g/mol. The minimum atomic E-state index is -0.478. The lowest BCUT2D eigenvalue weighted by atomic mass is 10.0. The van der Waals surface area contributed by atoms with Gasteiger partial charge in [0.05, 0.1) is 6.61 Å². The maximum atomic E-state index is 11.9. The van der Waals surface area contributed by atoms with Crippen LogP contribution in [0.4, 0.5) is 0 Å². The van der Waals surface area contributed by atoms with Gasteiger partial charge in [-0.05, 0) is 31.9 Å². The zero-order valence-electron chi connectivity index (χ0n) is 10.4. The molecule has 17 heavy (non-hydrogen) atoms. The van der Waals surface area contributed by atoms with Gasteiger partial charge >= 0.3 is 5.97 Å². The fourth-order valence-corrected chi connectivity index (χ4v) is 1.57. The van der Waals surface area contributed by atoms with Crippen LogP contribution in [-0.2, 0) is 16.0 Å². The first-order chi connectivity index (χ1) is 8.08. The highest BCUT2D eigenvalue weighted by molar-refractivity contribution is 6.06. The fraction of sp³-hybridized carbons (Fsp3) is 0.462. The van der Waals surface area contributed by atoms with E-state index in [0.717, 1.165) is 17.7 Å². The second-order valence-corrected chi connectivity index (χ2v) is 3.74. The van der Waals surface area contributed by atoms with E-state index in [9.17, 15) is 9.59 Å². The van der Waals surface area contributed by atoms with Crippen molar-refractivity contribution in [2.75, 3.05) is 6.61 Å². The molecule has 1 aromatic rings. The number of hydrogen-bond acceptors (Lipinski definition) is 4. The molecule has 0 unspecified atom stereocenters. The first-order valence-electron chi connectivity index (χ1n) is 5.72. The lowest BCUT2D eigenvalue weighted by Gasteiger charge is -2.07. The van der Waals surface area contributed by atoms with Crippen LogP contribution in [0.15, 0.2) is 12.3 Å². The van der Waals surface area contributed by atoms with E-state index in [1.54, 1.807) is 19.2 Å². The molecule has 1 rings (SSSR count). The maximum absolute atomic E-state index is 11.9. The first kappa shape index (κ1) is 13.4. The average Bonchev–Trinajstić information content (AvgIpc) is 2.29. The quantitative estimate of drug-likeness (QED) is 0.445. The molecule has 0 spiro atoms. The Kier molecular flexibility index (Phi) is 4.82. The highest BCUT2D eigenvalue weighted by atomic mass is 16.5. The van der Waals surface area contributed by atoms with Gasteiger partial charge in [-0.2, -0.15) is 0 Å². The number of aryl methyl sites for hydroxylation is 2. The summed E-state index contributed by atoms with van der Waals surface area (Å²) in [4.78, 5) is 27.3. The number of rotatable bonds is 5. The van der Waals surface area contributed by atoms with Gasteiger partial charge in [0.15, 0.2) is 5.78 Å². The van der Waals surface area contributed by atoms with Gasteiger partial charge in [0, 0.05) is 17.5 Å². The van der Waals surface area contributed by atoms with Crippen LogP contribution in [0.3, 0.4) is 0 Å². The molecule has 0 saturated heterocycles. The van der Waals surface area contributed by atoms with Crippen LogP contribution in [0.5, 0.6) is 0 Å². The van der Waals surface area contributed by atoms with Crippen LogP contribution in [0, 0.1) is 6.92 Å². The predicted octanol–water partition coefficient (Wildman–Crippen LogP) is 2.09. The molecule has 1 heterocycles. The molecule has 92 valence electrons. The van der Waals surface area contributed by atoms with Crippen molar-refractivity contribution in [2.24, 2.45) is 0 Å². The molecule has 4 heteroatoms. The molecule has 0 N–H and O–H groups in total. The van der Waals surface area contributed by atoms with Crippen molar-refractivity contribution in [3.63, 3.8) is 0 Å².